The van der Waals surface area contributed by atoms with Crippen LogP contribution in [0.25, 0.3) is 0 Å². The third-order valence-corrected chi connectivity index (χ3v) is 2.63. The number of nitrogens with zero attached hydrogens (tertiary/aromatic N) is 3. The molecule has 0 saturated carbocycles. The zero-order valence-corrected chi connectivity index (χ0v) is 10.4. The lowest BCUT2D eigenvalue weighted by atomic mass is 10.4. The molecule has 0 atom stereocenters. The zero-order valence-electron chi connectivity index (χ0n) is 9.61. The summed E-state index contributed by atoms with van der Waals surface area (Å²) in [5.74, 6) is 0.869. The molecule has 1 fully saturated rings. The molecule has 0 N–H and O–H groups in total. The molecule has 0 unspecified atom stereocenters. The summed E-state index contributed by atoms with van der Waals surface area (Å²) >= 11 is 5.95. The van der Waals surface area contributed by atoms with Crippen molar-refractivity contribution in [3.8, 4) is 6.01 Å². The second kappa shape index (κ2) is 4.87. The summed E-state index contributed by atoms with van der Waals surface area (Å²) in [6, 6.07) is 2.16. The van der Waals surface area contributed by atoms with Crippen molar-refractivity contribution in [2.45, 2.75) is 32.8 Å². The van der Waals surface area contributed by atoms with E-state index in [2.05, 4.69) is 14.9 Å². The Hall–Kier alpha value is -1.03. The van der Waals surface area contributed by atoms with Gasteiger partial charge in [-0.05, 0) is 26.7 Å². The molecule has 1 aliphatic rings. The van der Waals surface area contributed by atoms with Crippen LogP contribution in [0, 0.1) is 0 Å². The standard InChI is InChI=1S/C11H16ClN3O/c1-8(2)16-11-13-9(12)7-10(14-11)15-5-3-4-6-15/h7-8H,3-6H2,1-2H3. The number of aromatic nitrogens is 2. The summed E-state index contributed by atoms with van der Waals surface area (Å²) in [5.41, 5.74) is 0. The average molecular weight is 242 g/mol. The number of halogens is 1. The minimum Gasteiger partial charge on any atom is -0.461 e. The molecule has 88 valence electrons. The predicted octanol–water partition coefficient (Wildman–Crippen LogP) is 2.52. The number of hydrogen-bond donors (Lipinski definition) is 0. The highest BCUT2D eigenvalue weighted by atomic mass is 35.5. The SMILES string of the molecule is CC(C)Oc1nc(Cl)cc(N2CCCC2)n1. The highest BCUT2D eigenvalue weighted by molar-refractivity contribution is 6.29. The second-order valence-corrected chi connectivity index (χ2v) is 4.58. The highest BCUT2D eigenvalue weighted by Crippen LogP contribution is 2.23. The summed E-state index contributed by atoms with van der Waals surface area (Å²) in [4.78, 5) is 10.6. The van der Waals surface area contributed by atoms with Crippen LogP contribution in [0.1, 0.15) is 26.7 Å². The number of rotatable bonds is 3. The summed E-state index contributed by atoms with van der Waals surface area (Å²) < 4.78 is 5.46. The molecular weight excluding hydrogens is 226 g/mol. The molecule has 1 aromatic rings. The third-order valence-electron chi connectivity index (χ3n) is 2.43. The van der Waals surface area contributed by atoms with Crippen molar-refractivity contribution in [3.63, 3.8) is 0 Å². The van der Waals surface area contributed by atoms with Gasteiger partial charge in [-0.25, -0.2) is 0 Å². The van der Waals surface area contributed by atoms with E-state index in [1.54, 1.807) is 6.07 Å². The molecule has 4 nitrogen and oxygen atoms in total. The minimum absolute atomic E-state index is 0.0601. The Morgan fingerprint density at radius 1 is 1.31 bits per heavy atom. The first-order valence-electron chi connectivity index (χ1n) is 5.61. The Kier molecular flexibility index (Phi) is 3.49. The fourth-order valence-corrected chi connectivity index (χ4v) is 1.93. The van der Waals surface area contributed by atoms with Crippen LogP contribution in [0.3, 0.4) is 0 Å². The third kappa shape index (κ3) is 2.76. The molecule has 0 aromatic carbocycles. The van der Waals surface area contributed by atoms with E-state index in [0.717, 1.165) is 18.9 Å². The fourth-order valence-electron chi connectivity index (χ4n) is 1.76. The molecule has 0 aliphatic carbocycles. The van der Waals surface area contributed by atoms with E-state index >= 15 is 0 Å². The lowest BCUT2D eigenvalue weighted by Crippen LogP contribution is -2.20. The van der Waals surface area contributed by atoms with Crippen molar-refractivity contribution in [2.24, 2.45) is 0 Å². The van der Waals surface area contributed by atoms with Crippen molar-refractivity contribution in [1.29, 1.82) is 0 Å². The maximum Gasteiger partial charge on any atom is 0.320 e. The number of anilines is 1. The van der Waals surface area contributed by atoms with Gasteiger partial charge in [0.1, 0.15) is 11.0 Å². The minimum atomic E-state index is 0.0601. The van der Waals surface area contributed by atoms with Crippen LogP contribution in [0.15, 0.2) is 6.07 Å². The van der Waals surface area contributed by atoms with Gasteiger partial charge >= 0.3 is 6.01 Å². The molecule has 2 rings (SSSR count). The molecule has 0 radical (unpaired) electrons. The van der Waals surface area contributed by atoms with Gasteiger partial charge in [0, 0.05) is 19.2 Å². The normalized spacial score (nSPS) is 15.9. The molecule has 1 aliphatic heterocycles. The van der Waals surface area contributed by atoms with Crippen molar-refractivity contribution in [3.05, 3.63) is 11.2 Å². The van der Waals surface area contributed by atoms with E-state index in [-0.39, 0.29) is 6.10 Å². The van der Waals surface area contributed by atoms with E-state index in [0.29, 0.717) is 11.2 Å². The van der Waals surface area contributed by atoms with E-state index in [9.17, 15) is 0 Å². The van der Waals surface area contributed by atoms with Crippen LogP contribution in [-0.2, 0) is 0 Å². The first-order chi connectivity index (χ1) is 7.65. The Morgan fingerprint density at radius 2 is 2.00 bits per heavy atom. The Balaban J connectivity index is 2.20. The van der Waals surface area contributed by atoms with Crippen LogP contribution in [0.2, 0.25) is 5.15 Å². The summed E-state index contributed by atoms with van der Waals surface area (Å²) in [7, 11) is 0. The summed E-state index contributed by atoms with van der Waals surface area (Å²) in [6.07, 6.45) is 2.48. The molecule has 0 spiro atoms. The molecule has 0 bridgehead atoms. The highest BCUT2D eigenvalue weighted by Gasteiger charge is 2.16. The topological polar surface area (TPSA) is 38.2 Å². The van der Waals surface area contributed by atoms with E-state index in [1.807, 2.05) is 13.8 Å². The maximum atomic E-state index is 5.95. The van der Waals surface area contributed by atoms with Gasteiger partial charge in [0.25, 0.3) is 0 Å². The van der Waals surface area contributed by atoms with Gasteiger partial charge < -0.3 is 9.64 Å². The predicted molar refractivity (Wildman–Crippen MR) is 64.3 cm³/mol. The first kappa shape index (κ1) is 11.5. The summed E-state index contributed by atoms with van der Waals surface area (Å²) in [5, 5.41) is 0.438. The number of hydrogen-bond acceptors (Lipinski definition) is 4. The Labute approximate surface area is 101 Å². The molecule has 1 saturated heterocycles. The van der Waals surface area contributed by atoms with Gasteiger partial charge in [-0.1, -0.05) is 11.6 Å². The van der Waals surface area contributed by atoms with Crippen LogP contribution in [0.5, 0.6) is 6.01 Å². The smallest absolute Gasteiger partial charge is 0.320 e. The van der Waals surface area contributed by atoms with E-state index in [4.69, 9.17) is 16.3 Å². The van der Waals surface area contributed by atoms with Gasteiger partial charge in [-0.3, -0.25) is 0 Å². The molecule has 16 heavy (non-hydrogen) atoms. The summed E-state index contributed by atoms with van der Waals surface area (Å²) in [6.45, 7) is 5.96. The number of ether oxygens (including phenoxy) is 1. The Bertz CT molecular complexity index is 364. The van der Waals surface area contributed by atoms with Gasteiger partial charge in [-0.15, -0.1) is 0 Å². The van der Waals surface area contributed by atoms with Crippen LogP contribution < -0.4 is 9.64 Å². The second-order valence-electron chi connectivity index (χ2n) is 4.19. The van der Waals surface area contributed by atoms with Crippen molar-refractivity contribution in [2.75, 3.05) is 18.0 Å². The zero-order chi connectivity index (χ0) is 11.5. The molecule has 2 heterocycles. The van der Waals surface area contributed by atoms with Crippen molar-refractivity contribution < 1.29 is 4.74 Å². The lowest BCUT2D eigenvalue weighted by molar-refractivity contribution is 0.222. The van der Waals surface area contributed by atoms with Crippen molar-refractivity contribution >= 4 is 17.4 Å². The van der Waals surface area contributed by atoms with Crippen LogP contribution in [-0.4, -0.2) is 29.2 Å². The van der Waals surface area contributed by atoms with E-state index in [1.165, 1.54) is 12.8 Å². The van der Waals surface area contributed by atoms with Crippen molar-refractivity contribution in [1.82, 2.24) is 9.97 Å². The van der Waals surface area contributed by atoms with Gasteiger partial charge in [0.05, 0.1) is 6.10 Å². The quantitative estimate of drug-likeness (QED) is 0.763. The van der Waals surface area contributed by atoms with Gasteiger partial charge in [0.2, 0.25) is 0 Å². The van der Waals surface area contributed by atoms with Crippen LogP contribution in [0.4, 0.5) is 5.82 Å². The van der Waals surface area contributed by atoms with Gasteiger partial charge in [0.15, 0.2) is 0 Å². The fraction of sp³-hybridized carbons (Fsp3) is 0.636. The van der Waals surface area contributed by atoms with Crippen LogP contribution >= 0.6 is 11.6 Å². The van der Waals surface area contributed by atoms with Gasteiger partial charge in [-0.2, -0.15) is 9.97 Å². The van der Waals surface area contributed by atoms with E-state index < -0.39 is 0 Å². The molecular formula is C11H16ClN3O. The first-order valence-corrected chi connectivity index (χ1v) is 5.99. The largest absolute Gasteiger partial charge is 0.461 e. The molecule has 5 heteroatoms. The lowest BCUT2D eigenvalue weighted by Gasteiger charge is -2.17. The monoisotopic (exact) mass is 241 g/mol. The Morgan fingerprint density at radius 3 is 2.62 bits per heavy atom. The molecule has 0 amide bonds. The maximum absolute atomic E-state index is 5.95. The average Bonchev–Trinajstić information content (AvgIpc) is 2.67. The molecule has 1 aromatic heterocycles.